The molecule has 0 fully saturated rings. The van der Waals surface area contributed by atoms with Crippen molar-refractivity contribution in [2.45, 2.75) is 17.1 Å². The van der Waals surface area contributed by atoms with Crippen molar-refractivity contribution in [1.29, 1.82) is 0 Å². The molecule has 9 heteroatoms. The van der Waals surface area contributed by atoms with Crippen molar-refractivity contribution in [1.82, 2.24) is 10.3 Å². The van der Waals surface area contributed by atoms with Gasteiger partial charge in [-0.3, -0.25) is 14.4 Å². The average molecular weight is 579 g/mol. The number of amides is 3. The average Bonchev–Trinajstić information content (AvgIpc) is 3.40. The molecule has 0 aliphatic heterocycles. The van der Waals surface area contributed by atoms with Gasteiger partial charge in [0.1, 0.15) is 5.70 Å². The standard InChI is InChI=1S/C32H26N4O3S2/c1-21(29(37)36-32-35-26-17-8-9-18-28(26)41-32)40-25-16-10-15-24(20-25)33-31(39)27(19-22-11-4-2-5-12-22)34-30(38)23-13-6-3-7-14-23/h2-21H,1H3,(H,33,39)(H,34,38)(H,35,36,37)/b27-19-. The monoisotopic (exact) mass is 578 g/mol. The largest absolute Gasteiger partial charge is 0.321 e. The van der Waals surface area contributed by atoms with Gasteiger partial charge in [-0.2, -0.15) is 0 Å². The molecular weight excluding hydrogens is 553 g/mol. The molecular formula is C32H26N4O3S2. The number of anilines is 2. The maximum atomic E-state index is 13.3. The summed E-state index contributed by atoms with van der Waals surface area (Å²) in [5.41, 5.74) is 2.69. The summed E-state index contributed by atoms with van der Waals surface area (Å²) < 4.78 is 1.01. The third kappa shape index (κ3) is 7.47. The molecule has 204 valence electrons. The zero-order chi connectivity index (χ0) is 28.6. The first-order valence-electron chi connectivity index (χ1n) is 12.8. The maximum Gasteiger partial charge on any atom is 0.272 e. The Morgan fingerprint density at radius 1 is 0.829 bits per heavy atom. The first kappa shape index (κ1) is 27.8. The molecule has 7 nitrogen and oxygen atoms in total. The van der Waals surface area contributed by atoms with E-state index in [4.69, 9.17) is 0 Å². The summed E-state index contributed by atoms with van der Waals surface area (Å²) in [6.45, 7) is 1.82. The van der Waals surface area contributed by atoms with Crippen LogP contribution in [-0.4, -0.2) is 28.0 Å². The van der Waals surface area contributed by atoms with Crippen LogP contribution in [0.1, 0.15) is 22.8 Å². The smallest absolute Gasteiger partial charge is 0.272 e. The molecule has 0 bridgehead atoms. The second-order valence-corrected chi connectivity index (χ2v) is 11.5. The summed E-state index contributed by atoms with van der Waals surface area (Å²) >= 11 is 2.80. The van der Waals surface area contributed by atoms with Crippen LogP contribution in [-0.2, 0) is 9.59 Å². The minimum atomic E-state index is -0.470. The van der Waals surface area contributed by atoms with Crippen LogP contribution < -0.4 is 16.0 Å². The molecule has 1 heterocycles. The highest BCUT2D eigenvalue weighted by molar-refractivity contribution is 8.00. The van der Waals surface area contributed by atoms with Crippen molar-refractivity contribution in [3.63, 3.8) is 0 Å². The number of nitrogens with zero attached hydrogens (tertiary/aromatic N) is 1. The fourth-order valence-corrected chi connectivity index (χ4v) is 5.69. The molecule has 5 rings (SSSR count). The molecule has 3 N–H and O–H groups in total. The second-order valence-electron chi connectivity index (χ2n) is 9.01. The Bertz CT molecular complexity index is 1690. The molecule has 4 aromatic carbocycles. The molecule has 1 unspecified atom stereocenters. The number of carbonyl (C=O) groups is 3. The topological polar surface area (TPSA) is 100 Å². The van der Waals surface area contributed by atoms with Crippen molar-refractivity contribution in [3.8, 4) is 0 Å². The molecule has 3 amide bonds. The first-order valence-corrected chi connectivity index (χ1v) is 14.5. The molecule has 5 aromatic rings. The molecule has 41 heavy (non-hydrogen) atoms. The van der Waals surface area contributed by atoms with Gasteiger partial charge in [0.2, 0.25) is 5.91 Å². The number of carbonyl (C=O) groups excluding carboxylic acids is 3. The summed E-state index contributed by atoms with van der Waals surface area (Å²) in [5, 5.41) is 8.66. The van der Waals surface area contributed by atoms with Gasteiger partial charge in [-0.05, 0) is 61.0 Å². The fourth-order valence-electron chi connectivity index (χ4n) is 3.89. The van der Waals surface area contributed by atoms with Crippen LogP contribution in [0.15, 0.2) is 120 Å². The highest BCUT2D eigenvalue weighted by atomic mass is 32.2. The van der Waals surface area contributed by atoms with E-state index in [-0.39, 0.29) is 17.5 Å². The van der Waals surface area contributed by atoms with Crippen molar-refractivity contribution in [2.75, 3.05) is 10.6 Å². The number of rotatable bonds is 9. The zero-order valence-corrected chi connectivity index (χ0v) is 23.7. The Kier molecular flexibility index (Phi) is 8.88. The van der Waals surface area contributed by atoms with Crippen LogP contribution in [0.2, 0.25) is 0 Å². The van der Waals surface area contributed by atoms with Crippen LogP contribution in [0.3, 0.4) is 0 Å². The molecule has 0 radical (unpaired) electrons. The second kappa shape index (κ2) is 13.1. The van der Waals surface area contributed by atoms with Crippen LogP contribution in [0, 0.1) is 0 Å². The van der Waals surface area contributed by atoms with Gasteiger partial charge in [-0.25, -0.2) is 4.98 Å². The van der Waals surface area contributed by atoms with E-state index >= 15 is 0 Å². The lowest BCUT2D eigenvalue weighted by molar-refractivity contribution is -0.115. The van der Waals surface area contributed by atoms with Crippen LogP contribution in [0.5, 0.6) is 0 Å². The van der Waals surface area contributed by atoms with E-state index in [2.05, 4.69) is 20.9 Å². The number of nitrogens with one attached hydrogen (secondary N) is 3. The van der Waals surface area contributed by atoms with Crippen LogP contribution in [0.25, 0.3) is 16.3 Å². The summed E-state index contributed by atoms with van der Waals surface area (Å²) in [4.78, 5) is 44.3. The Hall–Kier alpha value is -4.73. The van der Waals surface area contributed by atoms with Crippen molar-refractivity contribution >= 4 is 67.9 Å². The molecule has 1 atom stereocenters. The third-order valence-electron chi connectivity index (χ3n) is 5.94. The lowest BCUT2D eigenvalue weighted by atomic mass is 10.1. The van der Waals surface area contributed by atoms with Crippen molar-refractivity contribution in [2.24, 2.45) is 0 Å². The fraction of sp³-hybridized carbons (Fsp3) is 0.0625. The van der Waals surface area contributed by atoms with E-state index in [9.17, 15) is 14.4 Å². The Labute approximate surface area is 245 Å². The normalized spacial score (nSPS) is 12.0. The predicted molar refractivity (Wildman–Crippen MR) is 167 cm³/mol. The van der Waals surface area contributed by atoms with Gasteiger partial charge >= 0.3 is 0 Å². The van der Waals surface area contributed by atoms with Crippen LogP contribution in [0.4, 0.5) is 10.8 Å². The zero-order valence-electron chi connectivity index (χ0n) is 22.0. The number of para-hydroxylation sites is 1. The number of benzene rings is 4. The minimum absolute atomic E-state index is 0.103. The van der Waals surface area contributed by atoms with Crippen molar-refractivity contribution in [3.05, 3.63) is 126 Å². The Morgan fingerprint density at radius 3 is 2.29 bits per heavy atom. The highest BCUT2D eigenvalue weighted by Gasteiger charge is 2.18. The van der Waals surface area contributed by atoms with E-state index in [1.807, 2.05) is 73.7 Å². The quantitative estimate of drug-likeness (QED) is 0.132. The summed E-state index contributed by atoms with van der Waals surface area (Å²) in [5.74, 6) is -1.03. The number of thiazole rings is 1. The SMILES string of the molecule is CC(Sc1cccc(NC(=O)/C(=C/c2ccccc2)NC(=O)c2ccccc2)c1)C(=O)Nc1nc2ccccc2s1. The van der Waals surface area contributed by atoms with E-state index in [1.165, 1.54) is 23.1 Å². The lowest BCUT2D eigenvalue weighted by Crippen LogP contribution is -2.30. The van der Waals surface area contributed by atoms with Gasteiger partial charge in [0.15, 0.2) is 5.13 Å². The van der Waals surface area contributed by atoms with Gasteiger partial charge in [0.05, 0.1) is 15.5 Å². The summed E-state index contributed by atoms with van der Waals surface area (Å²) in [7, 11) is 0. The van der Waals surface area contributed by atoms with Gasteiger partial charge in [-0.1, -0.05) is 78.1 Å². The van der Waals surface area contributed by atoms with Gasteiger partial charge in [0, 0.05) is 16.1 Å². The molecule has 1 aromatic heterocycles. The Balaban J connectivity index is 1.27. The number of hydrogen-bond donors (Lipinski definition) is 3. The third-order valence-corrected chi connectivity index (χ3v) is 7.98. The molecule has 0 saturated heterocycles. The lowest BCUT2D eigenvalue weighted by Gasteiger charge is -2.13. The van der Waals surface area contributed by atoms with Gasteiger partial charge in [0.25, 0.3) is 11.8 Å². The molecule has 0 spiro atoms. The van der Waals surface area contributed by atoms with E-state index in [0.29, 0.717) is 16.4 Å². The Morgan fingerprint density at radius 2 is 1.54 bits per heavy atom. The predicted octanol–water partition coefficient (Wildman–Crippen LogP) is 6.83. The van der Waals surface area contributed by atoms with Gasteiger partial charge < -0.3 is 16.0 Å². The van der Waals surface area contributed by atoms with Crippen molar-refractivity contribution < 1.29 is 14.4 Å². The van der Waals surface area contributed by atoms with E-state index in [0.717, 1.165) is 20.7 Å². The van der Waals surface area contributed by atoms with Crippen LogP contribution >= 0.6 is 23.1 Å². The number of aromatic nitrogens is 1. The van der Waals surface area contributed by atoms with Gasteiger partial charge in [-0.15, -0.1) is 11.8 Å². The molecule has 0 aliphatic rings. The molecule has 0 saturated carbocycles. The highest BCUT2D eigenvalue weighted by Crippen LogP contribution is 2.29. The number of thioether (sulfide) groups is 1. The van der Waals surface area contributed by atoms with E-state index < -0.39 is 11.2 Å². The van der Waals surface area contributed by atoms with E-state index in [1.54, 1.807) is 48.5 Å². The summed E-state index contributed by atoms with van der Waals surface area (Å²) in [6.07, 6.45) is 1.63. The minimum Gasteiger partial charge on any atom is -0.321 e. The maximum absolute atomic E-state index is 13.3. The number of fused-ring (bicyclic) bond motifs is 1. The first-order chi connectivity index (χ1) is 19.9. The molecule has 0 aliphatic carbocycles. The summed E-state index contributed by atoms with van der Waals surface area (Å²) in [6, 6.07) is 33.0. The number of hydrogen-bond acceptors (Lipinski definition) is 6.